The summed E-state index contributed by atoms with van der Waals surface area (Å²) >= 11 is 1.49. The second-order valence-corrected chi connectivity index (χ2v) is 8.29. The maximum atomic E-state index is 12.7. The van der Waals surface area contributed by atoms with Crippen LogP contribution in [0.15, 0.2) is 18.2 Å². The Morgan fingerprint density at radius 1 is 1.20 bits per heavy atom. The number of hydrogen-bond acceptors (Lipinski definition) is 7. The number of thiophene rings is 1. The van der Waals surface area contributed by atoms with E-state index in [4.69, 9.17) is 14.2 Å². The number of aryl methyl sites for hydroxylation is 1. The van der Waals surface area contributed by atoms with Crippen molar-refractivity contribution in [3.8, 4) is 11.5 Å². The van der Waals surface area contributed by atoms with Crippen LogP contribution >= 0.6 is 11.3 Å². The monoisotopic (exact) mass is 432 g/mol. The predicted molar refractivity (Wildman–Crippen MR) is 117 cm³/mol. The van der Waals surface area contributed by atoms with Crippen LogP contribution in [0.4, 0.5) is 5.00 Å². The fraction of sp³-hybridized carbons (Fsp3) is 0.455. The van der Waals surface area contributed by atoms with E-state index >= 15 is 0 Å². The number of rotatable bonds is 9. The normalized spacial score (nSPS) is 12.6. The molecule has 0 fully saturated rings. The molecule has 2 aromatic rings. The fourth-order valence-corrected chi connectivity index (χ4v) is 4.95. The van der Waals surface area contributed by atoms with Gasteiger partial charge < -0.3 is 19.5 Å². The average molecular weight is 433 g/mol. The van der Waals surface area contributed by atoms with E-state index < -0.39 is 0 Å². The number of methoxy groups -OCH3 is 2. The molecule has 0 aliphatic heterocycles. The number of likely N-dealkylation sites (N-methyl/N-ethyl adjacent to an activating group) is 1. The Morgan fingerprint density at radius 2 is 2.00 bits per heavy atom. The van der Waals surface area contributed by atoms with Gasteiger partial charge in [0.25, 0.3) is 0 Å². The molecule has 1 amide bonds. The number of benzene rings is 1. The molecule has 1 aromatic heterocycles. The highest BCUT2D eigenvalue weighted by atomic mass is 32.1. The van der Waals surface area contributed by atoms with Gasteiger partial charge in [0.2, 0.25) is 5.91 Å². The van der Waals surface area contributed by atoms with Crippen molar-refractivity contribution < 1.29 is 23.8 Å². The predicted octanol–water partition coefficient (Wildman–Crippen LogP) is 3.50. The zero-order chi connectivity index (χ0) is 21.7. The Labute approximate surface area is 180 Å². The lowest BCUT2D eigenvalue weighted by Gasteiger charge is -2.18. The SMILES string of the molecule is CCOC(=O)c1c(NC(=O)CN(C)Cc2ccc(OC)cc2OC)sc2c1CCC2. The maximum Gasteiger partial charge on any atom is 0.341 e. The zero-order valence-corrected chi connectivity index (χ0v) is 18.7. The molecule has 0 unspecified atom stereocenters. The van der Waals surface area contributed by atoms with Crippen LogP contribution in [0.2, 0.25) is 0 Å². The second-order valence-electron chi connectivity index (χ2n) is 7.18. The Bertz CT molecular complexity index is 924. The highest BCUT2D eigenvalue weighted by molar-refractivity contribution is 7.17. The lowest BCUT2D eigenvalue weighted by atomic mass is 10.1. The molecule has 0 radical (unpaired) electrons. The number of carbonyl (C=O) groups is 2. The molecule has 1 N–H and O–H groups in total. The van der Waals surface area contributed by atoms with Crippen molar-refractivity contribution in [2.75, 3.05) is 39.7 Å². The Hall–Kier alpha value is -2.58. The van der Waals surface area contributed by atoms with E-state index in [1.54, 1.807) is 21.1 Å². The molecule has 162 valence electrons. The molecular formula is C22H28N2O5S. The molecule has 0 bridgehead atoms. The van der Waals surface area contributed by atoms with Crippen molar-refractivity contribution in [1.82, 2.24) is 4.90 Å². The van der Waals surface area contributed by atoms with Crippen LogP contribution in [0.5, 0.6) is 11.5 Å². The quantitative estimate of drug-likeness (QED) is 0.611. The summed E-state index contributed by atoms with van der Waals surface area (Å²) in [6.45, 7) is 2.81. The molecule has 7 nitrogen and oxygen atoms in total. The highest BCUT2D eigenvalue weighted by Crippen LogP contribution is 2.39. The summed E-state index contributed by atoms with van der Waals surface area (Å²) in [6.07, 6.45) is 2.83. The van der Waals surface area contributed by atoms with Gasteiger partial charge in [-0.3, -0.25) is 9.69 Å². The number of amides is 1. The third kappa shape index (κ3) is 4.94. The molecule has 0 spiro atoms. The summed E-state index contributed by atoms with van der Waals surface area (Å²) in [5.74, 6) is 0.896. The van der Waals surface area contributed by atoms with Crippen molar-refractivity contribution in [1.29, 1.82) is 0 Å². The minimum atomic E-state index is -0.358. The van der Waals surface area contributed by atoms with Crippen molar-refractivity contribution in [3.05, 3.63) is 39.8 Å². The van der Waals surface area contributed by atoms with Gasteiger partial charge in [0.05, 0.1) is 32.9 Å². The van der Waals surface area contributed by atoms with Gasteiger partial charge in [0, 0.05) is 23.1 Å². The molecule has 3 rings (SSSR count). The molecule has 8 heteroatoms. The number of nitrogens with one attached hydrogen (secondary N) is 1. The summed E-state index contributed by atoms with van der Waals surface area (Å²) < 4.78 is 15.9. The van der Waals surface area contributed by atoms with E-state index in [9.17, 15) is 9.59 Å². The largest absolute Gasteiger partial charge is 0.497 e. The van der Waals surface area contributed by atoms with E-state index in [2.05, 4.69) is 5.32 Å². The molecule has 0 saturated heterocycles. The topological polar surface area (TPSA) is 77.1 Å². The van der Waals surface area contributed by atoms with Crippen molar-refractivity contribution in [2.24, 2.45) is 0 Å². The van der Waals surface area contributed by atoms with Gasteiger partial charge in [-0.2, -0.15) is 0 Å². The number of anilines is 1. The minimum Gasteiger partial charge on any atom is -0.497 e. The summed E-state index contributed by atoms with van der Waals surface area (Å²) in [5, 5.41) is 3.52. The van der Waals surface area contributed by atoms with Gasteiger partial charge in [-0.25, -0.2) is 4.79 Å². The lowest BCUT2D eigenvalue weighted by molar-refractivity contribution is -0.117. The first-order valence-electron chi connectivity index (χ1n) is 9.97. The number of carbonyl (C=O) groups excluding carboxylic acids is 2. The Morgan fingerprint density at radius 3 is 2.70 bits per heavy atom. The number of fused-ring (bicyclic) bond motifs is 1. The number of hydrogen-bond donors (Lipinski definition) is 1. The number of esters is 1. The molecule has 30 heavy (non-hydrogen) atoms. The third-order valence-electron chi connectivity index (χ3n) is 5.00. The minimum absolute atomic E-state index is 0.171. The van der Waals surface area contributed by atoms with Gasteiger partial charge in [-0.15, -0.1) is 11.3 Å². The summed E-state index contributed by atoms with van der Waals surface area (Å²) in [7, 11) is 5.08. The zero-order valence-electron chi connectivity index (χ0n) is 17.9. The van der Waals surface area contributed by atoms with Gasteiger partial charge in [0.1, 0.15) is 16.5 Å². The lowest BCUT2D eigenvalue weighted by Crippen LogP contribution is -2.30. The summed E-state index contributed by atoms with van der Waals surface area (Å²) in [6, 6.07) is 5.61. The van der Waals surface area contributed by atoms with Crippen LogP contribution in [-0.2, 0) is 28.9 Å². The maximum absolute atomic E-state index is 12.7. The molecular weight excluding hydrogens is 404 g/mol. The molecule has 1 aliphatic rings. The average Bonchev–Trinajstić information content (AvgIpc) is 3.28. The van der Waals surface area contributed by atoms with Crippen LogP contribution in [0.25, 0.3) is 0 Å². The Kier molecular flexibility index (Phi) is 7.33. The van der Waals surface area contributed by atoms with Crippen molar-refractivity contribution in [2.45, 2.75) is 32.7 Å². The summed E-state index contributed by atoms with van der Waals surface area (Å²) in [4.78, 5) is 28.2. The van der Waals surface area contributed by atoms with E-state index in [0.717, 1.165) is 30.4 Å². The highest BCUT2D eigenvalue weighted by Gasteiger charge is 2.28. The molecule has 1 heterocycles. The second kappa shape index (κ2) is 9.95. The van der Waals surface area contributed by atoms with Crippen LogP contribution in [0.3, 0.4) is 0 Å². The standard InChI is InChI=1S/C22H28N2O5S/c1-5-29-22(26)20-16-7-6-8-18(16)30-21(20)23-19(25)13-24(2)12-14-9-10-15(27-3)11-17(14)28-4/h9-11H,5-8,12-13H2,1-4H3,(H,23,25). The van der Waals surface area contributed by atoms with Crippen molar-refractivity contribution in [3.63, 3.8) is 0 Å². The van der Waals surface area contributed by atoms with Crippen LogP contribution < -0.4 is 14.8 Å². The fourth-order valence-electron chi connectivity index (χ4n) is 3.65. The van der Waals surface area contributed by atoms with E-state index in [0.29, 0.717) is 35.2 Å². The van der Waals surface area contributed by atoms with Crippen LogP contribution in [0, 0.1) is 0 Å². The van der Waals surface area contributed by atoms with E-state index in [1.165, 1.54) is 16.2 Å². The van der Waals surface area contributed by atoms with Gasteiger partial charge in [-0.1, -0.05) is 6.07 Å². The molecule has 1 aliphatic carbocycles. The smallest absolute Gasteiger partial charge is 0.341 e. The molecule has 0 saturated carbocycles. The van der Waals surface area contributed by atoms with Gasteiger partial charge >= 0.3 is 5.97 Å². The molecule has 1 aromatic carbocycles. The first-order chi connectivity index (χ1) is 14.5. The summed E-state index contributed by atoms with van der Waals surface area (Å²) in [5.41, 5.74) is 2.52. The van der Waals surface area contributed by atoms with Crippen LogP contribution in [-0.4, -0.2) is 51.2 Å². The molecule has 0 atom stereocenters. The third-order valence-corrected chi connectivity index (χ3v) is 6.21. The van der Waals surface area contributed by atoms with E-state index in [1.807, 2.05) is 30.1 Å². The number of ether oxygens (including phenoxy) is 3. The first-order valence-corrected chi connectivity index (χ1v) is 10.8. The number of nitrogens with zero attached hydrogens (tertiary/aromatic N) is 1. The Balaban J connectivity index is 1.67. The van der Waals surface area contributed by atoms with Gasteiger partial charge in [0.15, 0.2) is 0 Å². The first kappa shape index (κ1) is 22.1. The van der Waals surface area contributed by atoms with E-state index in [-0.39, 0.29) is 18.4 Å². The van der Waals surface area contributed by atoms with Crippen molar-refractivity contribution >= 4 is 28.2 Å². The van der Waals surface area contributed by atoms with Gasteiger partial charge in [-0.05, 0) is 44.9 Å². The van der Waals surface area contributed by atoms with Crippen LogP contribution in [0.1, 0.15) is 39.7 Å².